The quantitative estimate of drug-likeness (QED) is 0.342. The van der Waals surface area contributed by atoms with Crippen LogP contribution in [0.4, 0.5) is 0 Å². The van der Waals surface area contributed by atoms with Gasteiger partial charge in [-0.15, -0.1) is 0 Å². The minimum absolute atomic E-state index is 0.0765. The predicted molar refractivity (Wildman–Crippen MR) is 161 cm³/mol. The van der Waals surface area contributed by atoms with Crippen molar-refractivity contribution in [3.05, 3.63) is 60.2 Å². The summed E-state index contributed by atoms with van der Waals surface area (Å²) in [5, 5.41) is 13.1. The molecule has 45 heavy (non-hydrogen) atoms. The molecule has 7 atom stereocenters. The van der Waals surface area contributed by atoms with Gasteiger partial charge >= 0.3 is 5.97 Å². The first-order chi connectivity index (χ1) is 21.8. The fourth-order valence-electron chi connectivity index (χ4n) is 7.24. The van der Waals surface area contributed by atoms with Crippen molar-refractivity contribution in [2.24, 2.45) is 11.8 Å². The molecule has 0 unspecified atom stereocenters. The number of carbonyl (C=O) groups is 4. The number of likely N-dealkylation sites (tertiary alicyclic amines) is 1. The molecule has 242 valence electrons. The third kappa shape index (κ3) is 6.04. The molecule has 5 aliphatic rings. The van der Waals surface area contributed by atoms with E-state index < -0.39 is 53.6 Å². The Hall–Kier alpha value is -3.58. The largest absolute Gasteiger partial charge is 0.455 e. The van der Waals surface area contributed by atoms with Crippen LogP contribution in [0.25, 0.3) is 0 Å². The number of aliphatic hydroxyl groups excluding tert-OH is 1. The number of nitrogens with one attached hydrogen (secondary N) is 1. The Labute approximate surface area is 262 Å². The van der Waals surface area contributed by atoms with E-state index in [9.17, 15) is 24.3 Å². The van der Waals surface area contributed by atoms with Crippen molar-refractivity contribution in [2.75, 3.05) is 59.1 Å². The van der Waals surface area contributed by atoms with Crippen molar-refractivity contribution < 1.29 is 38.5 Å². The maximum atomic E-state index is 14.4. The van der Waals surface area contributed by atoms with E-state index in [1.165, 1.54) is 4.90 Å². The number of aliphatic hydroxyl groups is 1. The van der Waals surface area contributed by atoms with Gasteiger partial charge in [0.1, 0.15) is 23.7 Å². The summed E-state index contributed by atoms with van der Waals surface area (Å²) in [4.78, 5) is 60.9. The van der Waals surface area contributed by atoms with E-state index in [0.29, 0.717) is 44.8 Å². The van der Waals surface area contributed by atoms with Gasteiger partial charge in [-0.3, -0.25) is 24.1 Å². The topological polar surface area (TPSA) is 138 Å². The van der Waals surface area contributed by atoms with Gasteiger partial charge in [0, 0.05) is 39.1 Å². The molecule has 0 radical (unpaired) electrons. The first kappa shape index (κ1) is 31.4. The summed E-state index contributed by atoms with van der Waals surface area (Å²) < 4.78 is 18.3. The Kier molecular flexibility index (Phi) is 9.36. The Morgan fingerprint density at radius 2 is 1.82 bits per heavy atom. The Morgan fingerprint density at radius 3 is 2.58 bits per heavy atom. The van der Waals surface area contributed by atoms with E-state index in [4.69, 9.17) is 14.2 Å². The van der Waals surface area contributed by atoms with Crippen LogP contribution in [0.3, 0.4) is 0 Å². The highest BCUT2D eigenvalue weighted by Crippen LogP contribution is 2.53. The molecular weight excluding hydrogens is 580 g/mol. The molecule has 3 saturated heterocycles. The number of rotatable bonds is 6. The number of esters is 1. The highest BCUT2D eigenvalue weighted by atomic mass is 16.6. The average molecular weight is 623 g/mol. The molecule has 12 nitrogen and oxygen atoms in total. The fraction of sp³-hybridized carbons (Fsp3) is 0.576. The summed E-state index contributed by atoms with van der Waals surface area (Å²) >= 11 is 0. The summed E-state index contributed by atoms with van der Waals surface area (Å²) in [6, 6.07) is 7.38. The summed E-state index contributed by atoms with van der Waals surface area (Å²) in [6.07, 6.45) is 6.12. The maximum absolute atomic E-state index is 14.4. The third-order valence-corrected chi connectivity index (χ3v) is 9.59. The van der Waals surface area contributed by atoms with Crippen LogP contribution in [-0.4, -0.2) is 126 Å². The summed E-state index contributed by atoms with van der Waals surface area (Å²) in [7, 11) is 0. The van der Waals surface area contributed by atoms with E-state index in [-0.39, 0.29) is 31.4 Å². The van der Waals surface area contributed by atoms with E-state index in [1.54, 1.807) is 30.1 Å². The van der Waals surface area contributed by atoms with Crippen molar-refractivity contribution in [3.63, 3.8) is 0 Å². The van der Waals surface area contributed by atoms with Gasteiger partial charge in [-0.05, 0) is 18.9 Å². The van der Waals surface area contributed by atoms with Crippen LogP contribution < -0.4 is 5.32 Å². The summed E-state index contributed by atoms with van der Waals surface area (Å²) in [5.74, 6) is -3.62. The van der Waals surface area contributed by atoms with Crippen molar-refractivity contribution in [3.8, 4) is 0 Å². The minimum Gasteiger partial charge on any atom is -0.455 e. The van der Waals surface area contributed by atoms with Crippen LogP contribution >= 0.6 is 0 Å². The molecule has 0 saturated carbocycles. The number of fused-ring (bicyclic) bond motifs is 2. The lowest BCUT2D eigenvalue weighted by Crippen LogP contribution is -2.58. The van der Waals surface area contributed by atoms with Gasteiger partial charge in [-0.25, -0.2) is 0 Å². The second kappa shape index (κ2) is 13.4. The van der Waals surface area contributed by atoms with Gasteiger partial charge in [0.05, 0.1) is 44.4 Å². The van der Waals surface area contributed by atoms with Crippen LogP contribution in [0.15, 0.2) is 54.6 Å². The van der Waals surface area contributed by atoms with Crippen LogP contribution in [0.1, 0.15) is 31.4 Å². The lowest BCUT2D eigenvalue weighted by molar-refractivity contribution is -0.160. The second-order valence-corrected chi connectivity index (χ2v) is 12.4. The van der Waals surface area contributed by atoms with Crippen LogP contribution in [0.5, 0.6) is 0 Å². The minimum atomic E-state index is -1.44. The molecule has 0 aliphatic carbocycles. The molecule has 5 heterocycles. The Bertz CT molecular complexity index is 1330. The molecule has 0 aromatic heterocycles. The van der Waals surface area contributed by atoms with Crippen molar-refractivity contribution in [1.82, 2.24) is 20.0 Å². The highest BCUT2D eigenvalue weighted by molar-refractivity contribution is 5.99. The average Bonchev–Trinajstić information content (AvgIpc) is 3.45. The molecule has 3 fully saturated rings. The van der Waals surface area contributed by atoms with Crippen LogP contribution in [0.2, 0.25) is 0 Å². The zero-order chi connectivity index (χ0) is 31.6. The molecule has 3 amide bonds. The molecule has 1 aromatic rings. The first-order valence-corrected chi connectivity index (χ1v) is 15.9. The standard InChI is InChI=1S/C33H42N4O8/c1-22(21-38)37-29-31(41)36(15-14-35-16-18-43-19-17-35)13-7-12-33(29)28(30(37)40)27-24(45-33)10-5-6-11-26(39)34-20-25(44-32(27)42)23-8-3-2-4-9-23/h2-5,7-10,12,22,24-25,27-29,38H,6,11,13-21H2,1H3,(H,34,39)/b10-5-/t22-,24-,25+,27+,28+,29-,33+/m1/s1. The number of ether oxygens (including phenoxy) is 3. The molecule has 12 heteroatoms. The number of carbonyl (C=O) groups excluding carboxylic acids is 4. The maximum Gasteiger partial charge on any atom is 0.313 e. The van der Waals surface area contributed by atoms with Gasteiger partial charge in [-0.2, -0.15) is 0 Å². The van der Waals surface area contributed by atoms with E-state index in [0.717, 1.165) is 13.1 Å². The van der Waals surface area contributed by atoms with E-state index >= 15 is 0 Å². The lowest BCUT2D eigenvalue weighted by atomic mass is 9.78. The van der Waals surface area contributed by atoms with Gasteiger partial charge in [0.15, 0.2) is 0 Å². The van der Waals surface area contributed by atoms with Gasteiger partial charge in [0.25, 0.3) is 0 Å². The van der Waals surface area contributed by atoms with Gasteiger partial charge in [0.2, 0.25) is 17.7 Å². The number of hydrogen-bond acceptors (Lipinski definition) is 9. The van der Waals surface area contributed by atoms with Crippen molar-refractivity contribution >= 4 is 23.7 Å². The Morgan fingerprint density at radius 1 is 1.04 bits per heavy atom. The SMILES string of the molecule is C[C@H](CO)N1C(=O)[C@@H]2[C@H]3C(=O)O[C@H](c4ccccc4)CNC(=O)CC/C=C\[C@H]3O[C@@]23C=CCN(CCN2CCOCC2)C(=O)[C@@H]13. The summed E-state index contributed by atoms with van der Waals surface area (Å²) in [6.45, 7) is 5.70. The monoisotopic (exact) mass is 622 g/mol. The molecule has 1 spiro atoms. The zero-order valence-corrected chi connectivity index (χ0v) is 25.6. The smallest absolute Gasteiger partial charge is 0.313 e. The molecule has 1 aromatic carbocycles. The number of cyclic esters (lactones) is 1. The number of morpholine rings is 1. The number of amides is 3. The van der Waals surface area contributed by atoms with Crippen molar-refractivity contribution in [2.45, 2.75) is 49.7 Å². The second-order valence-electron chi connectivity index (χ2n) is 12.4. The molecule has 0 bridgehead atoms. The molecule has 2 N–H and O–H groups in total. The Balaban J connectivity index is 1.35. The summed E-state index contributed by atoms with van der Waals surface area (Å²) in [5.41, 5.74) is -0.740. The fourth-order valence-corrected chi connectivity index (χ4v) is 7.24. The first-order valence-electron chi connectivity index (χ1n) is 15.9. The van der Waals surface area contributed by atoms with Gasteiger partial charge < -0.3 is 34.4 Å². The number of nitrogens with zero attached hydrogens (tertiary/aromatic N) is 3. The predicted octanol–water partition coefficient (Wildman–Crippen LogP) is 0.429. The van der Waals surface area contributed by atoms with Crippen LogP contribution in [-0.2, 0) is 33.4 Å². The number of allylic oxidation sites excluding steroid dienone is 1. The van der Waals surface area contributed by atoms with E-state index in [1.807, 2.05) is 36.4 Å². The molecule has 5 aliphatic heterocycles. The molecule has 6 rings (SSSR count). The van der Waals surface area contributed by atoms with Crippen LogP contribution in [0, 0.1) is 11.8 Å². The molecular formula is C33H42N4O8. The number of hydrogen-bond donors (Lipinski definition) is 2. The lowest BCUT2D eigenvalue weighted by Gasteiger charge is -2.38. The number of benzene rings is 1. The van der Waals surface area contributed by atoms with E-state index in [2.05, 4.69) is 10.2 Å². The zero-order valence-electron chi connectivity index (χ0n) is 25.6. The van der Waals surface area contributed by atoms with Gasteiger partial charge in [-0.1, -0.05) is 54.6 Å². The third-order valence-electron chi connectivity index (χ3n) is 9.59. The van der Waals surface area contributed by atoms with Crippen molar-refractivity contribution in [1.29, 1.82) is 0 Å². The normalized spacial score (nSPS) is 34.0. The highest BCUT2D eigenvalue weighted by Gasteiger charge is 2.72.